The van der Waals surface area contributed by atoms with Crippen molar-refractivity contribution in [3.8, 4) is 5.75 Å². The quantitative estimate of drug-likeness (QED) is 0.462. The van der Waals surface area contributed by atoms with Crippen LogP contribution in [0.4, 0.5) is 5.69 Å². The summed E-state index contributed by atoms with van der Waals surface area (Å²) >= 11 is 0. The van der Waals surface area contributed by atoms with Gasteiger partial charge < -0.3 is 15.7 Å². The van der Waals surface area contributed by atoms with Gasteiger partial charge in [0.25, 0.3) is 5.91 Å². The van der Waals surface area contributed by atoms with Gasteiger partial charge in [-0.25, -0.2) is 0 Å². The van der Waals surface area contributed by atoms with Crippen molar-refractivity contribution in [2.24, 2.45) is 0 Å². The van der Waals surface area contributed by atoms with E-state index in [0.717, 1.165) is 0 Å². The third kappa shape index (κ3) is 3.11. The third-order valence-electron chi connectivity index (χ3n) is 2.26. The van der Waals surface area contributed by atoms with Crippen LogP contribution in [-0.2, 0) is 0 Å². The summed E-state index contributed by atoms with van der Waals surface area (Å²) < 4.78 is 0. The fourth-order valence-corrected chi connectivity index (χ4v) is 1.41. The summed E-state index contributed by atoms with van der Waals surface area (Å²) in [7, 11) is 0. The number of nitrogens with zero attached hydrogens (tertiary/aromatic N) is 1. The predicted molar refractivity (Wildman–Crippen MR) is 68.8 cm³/mol. The number of phenols is 1. The van der Waals surface area contributed by atoms with Crippen LogP contribution in [-0.4, -0.2) is 29.0 Å². The summed E-state index contributed by atoms with van der Waals surface area (Å²) in [5.41, 5.74) is 6.11. The molecule has 1 rings (SSSR count). The number of amides is 1. The highest BCUT2D eigenvalue weighted by Gasteiger charge is 2.14. The van der Waals surface area contributed by atoms with Gasteiger partial charge in [0.1, 0.15) is 5.75 Å². The summed E-state index contributed by atoms with van der Waals surface area (Å²) in [5.74, 6) is -0.284. The van der Waals surface area contributed by atoms with Crippen molar-refractivity contribution in [2.75, 3.05) is 18.8 Å². The molecule has 3 N–H and O–H groups in total. The van der Waals surface area contributed by atoms with Crippen LogP contribution in [0.1, 0.15) is 10.4 Å². The molecule has 17 heavy (non-hydrogen) atoms. The molecule has 4 nitrogen and oxygen atoms in total. The minimum Gasteiger partial charge on any atom is -0.506 e. The monoisotopic (exact) mass is 232 g/mol. The van der Waals surface area contributed by atoms with E-state index in [4.69, 9.17) is 5.73 Å². The molecule has 0 heterocycles. The highest BCUT2D eigenvalue weighted by molar-refractivity contribution is 5.95. The molecule has 0 saturated carbocycles. The Bertz CT molecular complexity index is 431. The second kappa shape index (κ2) is 5.75. The number of anilines is 1. The van der Waals surface area contributed by atoms with Crippen LogP contribution < -0.4 is 5.73 Å². The molecule has 0 aliphatic carbocycles. The maximum atomic E-state index is 12.1. The number of aromatic hydroxyl groups is 1. The molecule has 0 aliphatic heterocycles. The van der Waals surface area contributed by atoms with Crippen molar-refractivity contribution in [2.45, 2.75) is 0 Å². The number of hydrogen-bond acceptors (Lipinski definition) is 3. The van der Waals surface area contributed by atoms with E-state index in [2.05, 4.69) is 13.2 Å². The first-order valence-electron chi connectivity index (χ1n) is 5.19. The number of nitrogen functional groups attached to an aromatic ring is 1. The molecule has 1 aromatic carbocycles. The molecule has 0 aromatic heterocycles. The lowest BCUT2D eigenvalue weighted by atomic mass is 10.1. The van der Waals surface area contributed by atoms with E-state index in [0.29, 0.717) is 18.7 Å². The van der Waals surface area contributed by atoms with Gasteiger partial charge >= 0.3 is 0 Å². The lowest BCUT2D eigenvalue weighted by Crippen LogP contribution is -2.31. The Morgan fingerprint density at radius 3 is 2.41 bits per heavy atom. The molecule has 0 unspecified atom stereocenters. The Morgan fingerprint density at radius 1 is 1.35 bits per heavy atom. The number of benzene rings is 1. The van der Waals surface area contributed by atoms with E-state index in [-0.39, 0.29) is 17.3 Å². The first-order chi connectivity index (χ1) is 8.10. The summed E-state index contributed by atoms with van der Waals surface area (Å²) in [4.78, 5) is 13.6. The zero-order valence-corrected chi connectivity index (χ0v) is 9.60. The Balaban J connectivity index is 2.95. The zero-order chi connectivity index (χ0) is 12.8. The molecule has 0 radical (unpaired) electrons. The second-order valence-electron chi connectivity index (χ2n) is 3.56. The maximum absolute atomic E-state index is 12.1. The van der Waals surface area contributed by atoms with E-state index in [9.17, 15) is 9.90 Å². The molecule has 1 aromatic rings. The lowest BCUT2D eigenvalue weighted by molar-refractivity contribution is 0.0790. The van der Waals surface area contributed by atoms with E-state index in [1.54, 1.807) is 23.1 Å². The third-order valence-corrected chi connectivity index (χ3v) is 2.26. The minimum absolute atomic E-state index is 0.0898. The van der Waals surface area contributed by atoms with Crippen LogP contribution in [0.2, 0.25) is 0 Å². The van der Waals surface area contributed by atoms with Crippen LogP contribution in [0, 0.1) is 0 Å². The van der Waals surface area contributed by atoms with E-state index < -0.39 is 0 Å². The molecule has 4 heteroatoms. The average molecular weight is 232 g/mol. The van der Waals surface area contributed by atoms with Crippen LogP contribution in [0.25, 0.3) is 0 Å². The molecule has 0 saturated heterocycles. The number of rotatable bonds is 5. The van der Waals surface area contributed by atoms with Crippen molar-refractivity contribution < 1.29 is 9.90 Å². The highest BCUT2D eigenvalue weighted by Crippen LogP contribution is 2.21. The fraction of sp³-hybridized carbons (Fsp3) is 0.154. The molecule has 90 valence electrons. The second-order valence-corrected chi connectivity index (χ2v) is 3.56. The van der Waals surface area contributed by atoms with Crippen LogP contribution in [0.3, 0.4) is 0 Å². The van der Waals surface area contributed by atoms with E-state index in [1.165, 1.54) is 12.1 Å². The SMILES string of the molecule is C=CCN(CC=C)C(=O)c1ccc(N)c(O)c1. The molecule has 1 amide bonds. The van der Waals surface area contributed by atoms with Gasteiger partial charge in [-0.15, -0.1) is 13.2 Å². The topological polar surface area (TPSA) is 66.6 Å². The van der Waals surface area contributed by atoms with Gasteiger partial charge in [-0.05, 0) is 18.2 Å². The molecular weight excluding hydrogens is 216 g/mol. The lowest BCUT2D eigenvalue weighted by Gasteiger charge is -2.19. The Hall–Kier alpha value is -2.23. The Labute approximate surface area is 101 Å². The van der Waals surface area contributed by atoms with Crippen LogP contribution in [0.15, 0.2) is 43.5 Å². The smallest absolute Gasteiger partial charge is 0.254 e. The number of carbonyl (C=O) groups is 1. The van der Waals surface area contributed by atoms with Crippen molar-refractivity contribution in [1.82, 2.24) is 4.90 Å². The minimum atomic E-state index is -0.194. The van der Waals surface area contributed by atoms with E-state index in [1.807, 2.05) is 0 Å². The fourth-order valence-electron chi connectivity index (χ4n) is 1.41. The highest BCUT2D eigenvalue weighted by atomic mass is 16.3. The van der Waals surface area contributed by atoms with Crippen molar-refractivity contribution in [3.05, 3.63) is 49.1 Å². The summed E-state index contributed by atoms with van der Waals surface area (Å²) in [6, 6.07) is 4.44. The van der Waals surface area contributed by atoms with E-state index >= 15 is 0 Å². The first kappa shape index (κ1) is 12.8. The summed E-state index contributed by atoms with van der Waals surface area (Å²) in [6.07, 6.45) is 3.27. The number of nitrogens with two attached hydrogens (primary N) is 1. The molecule has 0 atom stereocenters. The first-order valence-corrected chi connectivity index (χ1v) is 5.19. The van der Waals surface area contributed by atoms with Crippen LogP contribution >= 0.6 is 0 Å². The average Bonchev–Trinajstić information content (AvgIpc) is 2.31. The van der Waals surface area contributed by atoms with Crippen molar-refractivity contribution >= 4 is 11.6 Å². The van der Waals surface area contributed by atoms with Gasteiger partial charge in [-0.3, -0.25) is 4.79 Å². The van der Waals surface area contributed by atoms with Gasteiger partial charge in [-0.1, -0.05) is 12.2 Å². The number of phenolic OH excluding ortho intramolecular Hbond substituents is 1. The molecular formula is C13H16N2O2. The molecule has 0 aliphatic rings. The van der Waals surface area contributed by atoms with Gasteiger partial charge in [0.05, 0.1) is 5.69 Å². The molecule has 0 fully saturated rings. The molecule has 0 bridgehead atoms. The Kier molecular flexibility index (Phi) is 4.34. The van der Waals surface area contributed by atoms with Crippen LogP contribution in [0.5, 0.6) is 5.75 Å². The number of carbonyl (C=O) groups excluding carboxylic acids is 1. The molecule has 0 spiro atoms. The summed E-state index contributed by atoms with van der Waals surface area (Å²) in [6.45, 7) is 8.04. The van der Waals surface area contributed by atoms with Gasteiger partial charge in [0, 0.05) is 18.7 Å². The van der Waals surface area contributed by atoms with Gasteiger partial charge in [-0.2, -0.15) is 0 Å². The Morgan fingerprint density at radius 2 is 1.94 bits per heavy atom. The van der Waals surface area contributed by atoms with Gasteiger partial charge in [0.15, 0.2) is 0 Å². The van der Waals surface area contributed by atoms with Crippen molar-refractivity contribution in [3.63, 3.8) is 0 Å². The zero-order valence-electron chi connectivity index (χ0n) is 9.60. The normalized spacial score (nSPS) is 9.65. The summed E-state index contributed by atoms with van der Waals surface area (Å²) in [5, 5.41) is 9.45. The largest absolute Gasteiger partial charge is 0.506 e. The van der Waals surface area contributed by atoms with Crippen molar-refractivity contribution in [1.29, 1.82) is 0 Å². The number of hydrogen-bond donors (Lipinski definition) is 2. The maximum Gasteiger partial charge on any atom is 0.254 e. The standard InChI is InChI=1S/C13H16N2O2/c1-3-7-15(8-4-2)13(17)10-5-6-11(14)12(16)9-10/h3-6,9,16H,1-2,7-8,14H2. The predicted octanol–water partition coefficient (Wildman–Crippen LogP) is 1.79. The van der Waals surface area contributed by atoms with Gasteiger partial charge in [0.2, 0.25) is 0 Å².